The quantitative estimate of drug-likeness (QED) is 0.798. The number of rotatable bonds is 2. The molecule has 2 aromatic rings. The van der Waals surface area contributed by atoms with E-state index in [-0.39, 0.29) is 11.5 Å². The van der Waals surface area contributed by atoms with Crippen LogP contribution in [0.5, 0.6) is 23.0 Å². The molecule has 0 spiro atoms. The summed E-state index contributed by atoms with van der Waals surface area (Å²) in [6.45, 7) is 1.07. The first-order valence-corrected chi connectivity index (χ1v) is 7.26. The lowest BCUT2D eigenvalue weighted by Crippen LogP contribution is -2.15. The van der Waals surface area contributed by atoms with E-state index in [1.807, 2.05) is 18.2 Å². The molecule has 116 valence electrons. The van der Waals surface area contributed by atoms with Crippen molar-refractivity contribution in [3.63, 3.8) is 0 Å². The number of ketones is 1. The van der Waals surface area contributed by atoms with Gasteiger partial charge in [0.25, 0.3) is 0 Å². The molecule has 0 atom stereocenters. The van der Waals surface area contributed by atoms with Gasteiger partial charge in [-0.3, -0.25) is 4.79 Å². The van der Waals surface area contributed by atoms with Gasteiger partial charge in [-0.25, -0.2) is 0 Å². The molecule has 2 aromatic carbocycles. The number of carbonyl (C=O) groups is 1. The van der Waals surface area contributed by atoms with Gasteiger partial charge in [0.15, 0.2) is 17.3 Å². The van der Waals surface area contributed by atoms with Crippen molar-refractivity contribution in [3.05, 3.63) is 53.3 Å². The summed E-state index contributed by atoms with van der Waals surface area (Å²) < 4.78 is 21.9. The monoisotopic (exact) mass is 310 g/mol. The first-order valence-electron chi connectivity index (χ1n) is 7.26. The van der Waals surface area contributed by atoms with Crippen LogP contribution >= 0.6 is 0 Å². The minimum Gasteiger partial charge on any atom is -0.497 e. The number of methoxy groups -OCH3 is 1. The van der Waals surface area contributed by atoms with Gasteiger partial charge >= 0.3 is 0 Å². The molecule has 0 N–H and O–H groups in total. The Bertz CT molecular complexity index is 822. The van der Waals surface area contributed by atoms with Gasteiger partial charge in [0, 0.05) is 6.07 Å². The second-order valence-corrected chi connectivity index (χ2v) is 5.20. The van der Waals surface area contributed by atoms with Crippen LogP contribution in [0.15, 0.2) is 42.2 Å². The molecule has 4 rings (SSSR count). The fraction of sp³-hybridized carbons (Fsp3) is 0.167. The molecule has 5 heteroatoms. The van der Waals surface area contributed by atoms with E-state index < -0.39 is 0 Å². The molecule has 2 aliphatic rings. The Kier molecular flexibility index (Phi) is 3.19. The standard InChI is InChI=1S/C18H14O5/c1-20-12-3-4-13-15(10-12)23-17(18(13)19)9-11-2-5-14-16(8-11)22-7-6-21-14/h2-5,8-10H,6-7H2,1H3. The third-order valence-corrected chi connectivity index (χ3v) is 3.74. The van der Waals surface area contributed by atoms with Gasteiger partial charge in [-0.1, -0.05) is 6.07 Å². The van der Waals surface area contributed by atoms with Gasteiger partial charge in [0.2, 0.25) is 5.78 Å². The summed E-state index contributed by atoms with van der Waals surface area (Å²) in [4.78, 5) is 12.4. The van der Waals surface area contributed by atoms with Crippen LogP contribution < -0.4 is 18.9 Å². The molecule has 0 unspecified atom stereocenters. The molecular weight excluding hydrogens is 296 g/mol. The fourth-order valence-electron chi connectivity index (χ4n) is 2.60. The molecule has 0 fully saturated rings. The lowest BCUT2D eigenvalue weighted by Gasteiger charge is -2.18. The zero-order chi connectivity index (χ0) is 15.8. The van der Waals surface area contributed by atoms with Crippen LogP contribution in [0.3, 0.4) is 0 Å². The molecule has 0 amide bonds. The summed E-state index contributed by atoms with van der Waals surface area (Å²) in [5, 5.41) is 0. The summed E-state index contributed by atoms with van der Waals surface area (Å²) in [7, 11) is 1.57. The van der Waals surface area contributed by atoms with Crippen LogP contribution in [0.2, 0.25) is 0 Å². The molecule has 23 heavy (non-hydrogen) atoms. The molecule has 5 nitrogen and oxygen atoms in total. The van der Waals surface area contributed by atoms with Crippen molar-refractivity contribution >= 4 is 11.9 Å². The highest BCUT2D eigenvalue weighted by Crippen LogP contribution is 2.36. The van der Waals surface area contributed by atoms with Crippen molar-refractivity contribution in [1.29, 1.82) is 0 Å². The third kappa shape index (κ3) is 2.40. The van der Waals surface area contributed by atoms with Crippen LogP contribution in [0.1, 0.15) is 15.9 Å². The van der Waals surface area contributed by atoms with Crippen molar-refractivity contribution in [2.75, 3.05) is 20.3 Å². The molecule has 0 radical (unpaired) electrons. The molecule has 0 saturated heterocycles. The zero-order valence-corrected chi connectivity index (χ0v) is 12.5. The van der Waals surface area contributed by atoms with Gasteiger partial charge in [-0.05, 0) is 35.9 Å². The maximum absolute atomic E-state index is 12.4. The molecule has 2 heterocycles. The van der Waals surface area contributed by atoms with E-state index in [0.29, 0.717) is 41.8 Å². The van der Waals surface area contributed by atoms with Gasteiger partial charge in [-0.15, -0.1) is 0 Å². The second kappa shape index (κ2) is 5.35. The average Bonchev–Trinajstić information content (AvgIpc) is 2.90. The summed E-state index contributed by atoms with van der Waals surface area (Å²) in [5.41, 5.74) is 1.35. The van der Waals surface area contributed by atoms with Crippen molar-refractivity contribution < 1.29 is 23.7 Å². The predicted octanol–water partition coefficient (Wildman–Crippen LogP) is 3.08. The van der Waals surface area contributed by atoms with Crippen molar-refractivity contribution in [3.8, 4) is 23.0 Å². The van der Waals surface area contributed by atoms with Crippen molar-refractivity contribution in [2.24, 2.45) is 0 Å². The van der Waals surface area contributed by atoms with Crippen LogP contribution in [0.4, 0.5) is 0 Å². The van der Waals surface area contributed by atoms with Gasteiger partial charge in [0.05, 0.1) is 12.7 Å². The maximum Gasteiger partial charge on any atom is 0.231 e. The molecule has 0 aromatic heterocycles. The number of fused-ring (bicyclic) bond motifs is 2. The number of hydrogen-bond acceptors (Lipinski definition) is 5. The van der Waals surface area contributed by atoms with E-state index in [2.05, 4.69) is 0 Å². The Morgan fingerprint density at radius 3 is 2.65 bits per heavy atom. The first kappa shape index (κ1) is 13.7. The highest BCUT2D eigenvalue weighted by atomic mass is 16.6. The zero-order valence-electron chi connectivity index (χ0n) is 12.5. The van der Waals surface area contributed by atoms with Gasteiger partial charge in [-0.2, -0.15) is 0 Å². The number of hydrogen-bond donors (Lipinski definition) is 0. The van der Waals surface area contributed by atoms with E-state index >= 15 is 0 Å². The van der Waals surface area contributed by atoms with E-state index in [4.69, 9.17) is 18.9 Å². The average molecular weight is 310 g/mol. The number of Topliss-reactive ketones (excluding diaryl/α,β-unsaturated/α-hetero) is 1. The SMILES string of the molecule is COc1ccc2c(c1)OC(=Cc1ccc3c(c1)OCCO3)C2=O. The summed E-state index contributed by atoms with van der Waals surface area (Å²) >= 11 is 0. The Morgan fingerprint density at radius 1 is 1.00 bits per heavy atom. The van der Waals surface area contributed by atoms with Gasteiger partial charge in [0.1, 0.15) is 24.7 Å². The minimum absolute atomic E-state index is 0.141. The maximum atomic E-state index is 12.4. The number of carbonyl (C=O) groups excluding carboxylic acids is 1. The second-order valence-electron chi connectivity index (χ2n) is 5.20. The summed E-state index contributed by atoms with van der Waals surface area (Å²) in [6.07, 6.45) is 1.70. The topological polar surface area (TPSA) is 54.0 Å². The van der Waals surface area contributed by atoms with E-state index in [1.54, 1.807) is 31.4 Å². The Balaban J connectivity index is 1.66. The molecule has 0 saturated carbocycles. The lowest BCUT2D eigenvalue weighted by molar-refractivity contribution is 0.101. The van der Waals surface area contributed by atoms with Gasteiger partial charge < -0.3 is 18.9 Å². The fourth-order valence-corrected chi connectivity index (χ4v) is 2.60. The Morgan fingerprint density at radius 2 is 1.83 bits per heavy atom. The molecular formula is C18H14O5. The minimum atomic E-state index is -0.141. The normalized spacial score (nSPS) is 16.9. The Hall–Kier alpha value is -2.95. The first-order chi connectivity index (χ1) is 11.2. The lowest BCUT2D eigenvalue weighted by atomic mass is 10.1. The Labute approximate surface area is 133 Å². The van der Waals surface area contributed by atoms with E-state index in [0.717, 1.165) is 5.56 Å². The number of allylic oxidation sites excluding steroid dienone is 1. The number of benzene rings is 2. The van der Waals surface area contributed by atoms with Crippen molar-refractivity contribution in [2.45, 2.75) is 0 Å². The molecule has 0 bridgehead atoms. The molecule has 0 aliphatic carbocycles. The van der Waals surface area contributed by atoms with Crippen LogP contribution in [-0.4, -0.2) is 26.1 Å². The summed E-state index contributed by atoms with van der Waals surface area (Å²) in [6, 6.07) is 10.7. The molecule has 2 aliphatic heterocycles. The number of ether oxygens (including phenoxy) is 4. The van der Waals surface area contributed by atoms with E-state index in [1.165, 1.54) is 0 Å². The van der Waals surface area contributed by atoms with E-state index in [9.17, 15) is 4.79 Å². The van der Waals surface area contributed by atoms with Crippen LogP contribution in [-0.2, 0) is 0 Å². The predicted molar refractivity (Wildman–Crippen MR) is 83.4 cm³/mol. The smallest absolute Gasteiger partial charge is 0.231 e. The van der Waals surface area contributed by atoms with Crippen LogP contribution in [0.25, 0.3) is 6.08 Å². The third-order valence-electron chi connectivity index (χ3n) is 3.74. The summed E-state index contributed by atoms with van der Waals surface area (Å²) in [5.74, 6) is 2.69. The highest BCUT2D eigenvalue weighted by molar-refractivity contribution is 6.14. The highest BCUT2D eigenvalue weighted by Gasteiger charge is 2.27. The largest absolute Gasteiger partial charge is 0.497 e. The van der Waals surface area contributed by atoms with Crippen molar-refractivity contribution in [1.82, 2.24) is 0 Å². The van der Waals surface area contributed by atoms with Crippen LogP contribution in [0, 0.1) is 0 Å².